The molecule has 0 fully saturated rings. The minimum Gasteiger partial charge on any atom is -0.484 e. The van der Waals surface area contributed by atoms with Crippen LogP contribution in [0.15, 0.2) is 55.0 Å². The molecule has 0 spiro atoms. The molecule has 194 valence electrons. The van der Waals surface area contributed by atoms with E-state index in [0.29, 0.717) is 33.1 Å². The highest BCUT2D eigenvalue weighted by molar-refractivity contribution is 7.21. The average Bonchev–Trinajstić information content (AvgIpc) is 3.30. The molecule has 0 aliphatic heterocycles. The third-order valence-electron chi connectivity index (χ3n) is 5.83. The van der Waals surface area contributed by atoms with Crippen LogP contribution in [-0.2, 0) is 4.74 Å². The number of hydrogen-bond donors (Lipinski definition) is 1. The average molecular weight is 534 g/mol. The van der Waals surface area contributed by atoms with Crippen LogP contribution in [0.3, 0.4) is 0 Å². The Morgan fingerprint density at radius 3 is 2.68 bits per heavy atom. The van der Waals surface area contributed by atoms with Crippen LogP contribution in [0.4, 0.5) is 14.9 Å². The number of hydrogen-bond acceptors (Lipinski definition) is 9. The maximum atomic E-state index is 15.0. The highest BCUT2D eigenvalue weighted by Crippen LogP contribution is 2.37. The second-order valence-electron chi connectivity index (χ2n) is 8.66. The largest absolute Gasteiger partial charge is 0.484 e. The molecule has 9 nitrogen and oxygen atoms in total. The van der Waals surface area contributed by atoms with Crippen LogP contribution < -0.4 is 14.8 Å². The van der Waals surface area contributed by atoms with Gasteiger partial charge in [-0.25, -0.2) is 24.1 Å². The number of methoxy groups -OCH3 is 1. The molecule has 3 heterocycles. The number of amides is 1. The number of aromatic nitrogens is 4. The van der Waals surface area contributed by atoms with E-state index in [2.05, 4.69) is 25.3 Å². The van der Waals surface area contributed by atoms with Crippen LogP contribution in [0.2, 0.25) is 0 Å². The van der Waals surface area contributed by atoms with Crippen LogP contribution in [0.1, 0.15) is 19.4 Å². The number of halogens is 1. The zero-order valence-corrected chi connectivity index (χ0v) is 21.9. The summed E-state index contributed by atoms with van der Waals surface area (Å²) in [5, 5.41) is 3.27. The van der Waals surface area contributed by atoms with Gasteiger partial charge in [0.05, 0.1) is 46.4 Å². The molecule has 2 aromatic carbocycles. The van der Waals surface area contributed by atoms with E-state index in [9.17, 15) is 9.18 Å². The lowest BCUT2D eigenvalue weighted by molar-refractivity contribution is 0.0402. The number of carbonyl (C=O) groups is 1. The second kappa shape index (κ2) is 10.5. The van der Waals surface area contributed by atoms with Crippen molar-refractivity contribution in [1.82, 2.24) is 19.9 Å². The molecule has 0 aliphatic carbocycles. The third-order valence-corrected chi connectivity index (χ3v) is 6.88. The number of rotatable bonds is 7. The molecule has 0 radical (unpaired) electrons. The number of aryl methyl sites for hydroxylation is 1. The van der Waals surface area contributed by atoms with Gasteiger partial charge in [0.2, 0.25) is 5.88 Å². The first-order valence-corrected chi connectivity index (χ1v) is 12.6. The van der Waals surface area contributed by atoms with Gasteiger partial charge < -0.3 is 14.2 Å². The lowest BCUT2D eigenvalue weighted by Crippen LogP contribution is -2.32. The first kappa shape index (κ1) is 25.3. The molecule has 11 heteroatoms. The van der Waals surface area contributed by atoms with Crippen LogP contribution in [0, 0.1) is 12.7 Å². The molecule has 0 saturated carbocycles. The van der Waals surface area contributed by atoms with Crippen molar-refractivity contribution in [3.63, 3.8) is 0 Å². The van der Waals surface area contributed by atoms with Crippen molar-refractivity contribution in [3.8, 4) is 22.2 Å². The number of carbonyl (C=O) groups excluding carboxylic acids is 1. The normalized spacial score (nSPS) is 12.8. The summed E-state index contributed by atoms with van der Waals surface area (Å²) in [5.41, 5.74) is 4.15. The molecule has 2 atom stereocenters. The molecule has 0 aliphatic rings. The summed E-state index contributed by atoms with van der Waals surface area (Å²) in [6.45, 7) is 5.34. The maximum Gasteiger partial charge on any atom is 0.412 e. The van der Waals surface area contributed by atoms with Gasteiger partial charge in [-0.1, -0.05) is 0 Å². The van der Waals surface area contributed by atoms with Gasteiger partial charge in [0.1, 0.15) is 17.2 Å². The molecule has 1 N–H and O–H groups in total. The summed E-state index contributed by atoms with van der Waals surface area (Å²) in [4.78, 5) is 29.8. The van der Waals surface area contributed by atoms with Crippen molar-refractivity contribution >= 4 is 44.4 Å². The Hall–Kier alpha value is -4.38. The molecule has 3 aromatic heterocycles. The smallest absolute Gasteiger partial charge is 0.412 e. The van der Waals surface area contributed by atoms with E-state index in [-0.39, 0.29) is 5.75 Å². The van der Waals surface area contributed by atoms with E-state index in [1.54, 1.807) is 51.6 Å². The monoisotopic (exact) mass is 533 g/mol. The lowest BCUT2D eigenvalue weighted by Gasteiger charge is -2.22. The fraction of sp³-hybridized carbons (Fsp3) is 0.222. The van der Waals surface area contributed by atoms with Crippen molar-refractivity contribution in [1.29, 1.82) is 0 Å². The fourth-order valence-electron chi connectivity index (χ4n) is 3.79. The minimum atomic E-state index is -0.659. The molecule has 1 amide bonds. The maximum absolute atomic E-state index is 15.0. The van der Waals surface area contributed by atoms with Gasteiger partial charge in [0.15, 0.2) is 11.6 Å². The van der Waals surface area contributed by atoms with Crippen molar-refractivity contribution in [2.24, 2.45) is 0 Å². The van der Waals surface area contributed by atoms with Gasteiger partial charge in [-0.2, -0.15) is 0 Å². The summed E-state index contributed by atoms with van der Waals surface area (Å²) in [6, 6.07) is 10.2. The lowest BCUT2D eigenvalue weighted by atomic mass is 10.1. The molecule has 0 saturated heterocycles. The third kappa shape index (κ3) is 5.32. The Kier molecular flexibility index (Phi) is 7.01. The molecule has 5 rings (SSSR count). The van der Waals surface area contributed by atoms with E-state index in [1.807, 2.05) is 19.1 Å². The number of nitrogens with zero attached hydrogens (tertiary/aromatic N) is 4. The van der Waals surface area contributed by atoms with Crippen LogP contribution in [0.25, 0.3) is 31.8 Å². The Balaban J connectivity index is 1.36. The van der Waals surface area contributed by atoms with Crippen LogP contribution in [-0.4, -0.2) is 45.3 Å². The van der Waals surface area contributed by atoms with Crippen LogP contribution in [0.5, 0.6) is 11.6 Å². The molecule has 5 aromatic rings. The van der Waals surface area contributed by atoms with Crippen molar-refractivity contribution in [3.05, 3.63) is 66.4 Å². The number of fused-ring (bicyclic) bond motifs is 2. The quantitative estimate of drug-likeness (QED) is 0.265. The number of thiazole rings is 1. The number of nitrogens with one attached hydrogen (secondary N) is 1. The predicted molar refractivity (Wildman–Crippen MR) is 143 cm³/mol. The number of pyridine rings is 1. The Bertz CT molecular complexity index is 1630. The summed E-state index contributed by atoms with van der Waals surface area (Å²) in [5.74, 6) is -0.0992. The Morgan fingerprint density at radius 2 is 1.92 bits per heavy atom. The second-order valence-corrected chi connectivity index (χ2v) is 9.69. The first-order valence-electron chi connectivity index (χ1n) is 11.8. The van der Waals surface area contributed by atoms with Gasteiger partial charge >= 0.3 is 6.09 Å². The number of benzene rings is 2. The van der Waals surface area contributed by atoms with E-state index >= 15 is 0 Å². The topological polar surface area (TPSA) is 108 Å². The van der Waals surface area contributed by atoms with Gasteiger partial charge in [-0.05, 0) is 50.6 Å². The highest BCUT2D eigenvalue weighted by Gasteiger charge is 2.22. The Morgan fingerprint density at radius 1 is 1.08 bits per heavy atom. The molecular formula is C27H24FN5O4S. The van der Waals surface area contributed by atoms with Crippen molar-refractivity contribution < 1.29 is 23.4 Å². The summed E-state index contributed by atoms with van der Waals surface area (Å²) in [6.07, 6.45) is 2.72. The van der Waals surface area contributed by atoms with E-state index < -0.39 is 24.1 Å². The summed E-state index contributed by atoms with van der Waals surface area (Å²) in [7, 11) is 1.54. The molecular weight excluding hydrogens is 509 g/mol. The SMILES string of the molecule is COc1cnc2c(-c3nc4cc(F)c(O[C@@H](C)[C@@H](C)OC(=O)Nc5cccnc5)cc4s3)cc(C)cc2n1. The molecule has 38 heavy (non-hydrogen) atoms. The van der Waals surface area contributed by atoms with Gasteiger partial charge in [0, 0.05) is 23.9 Å². The van der Waals surface area contributed by atoms with E-state index in [1.165, 1.54) is 23.6 Å². The zero-order chi connectivity index (χ0) is 26.8. The van der Waals surface area contributed by atoms with Gasteiger partial charge in [-0.15, -0.1) is 11.3 Å². The van der Waals surface area contributed by atoms with Gasteiger partial charge in [-0.3, -0.25) is 10.3 Å². The van der Waals surface area contributed by atoms with Crippen LogP contribution >= 0.6 is 11.3 Å². The van der Waals surface area contributed by atoms with E-state index in [4.69, 9.17) is 14.2 Å². The zero-order valence-electron chi connectivity index (χ0n) is 21.1. The Labute approximate surface area is 221 Å². The predicted octanol–water partition coefficient (Wildman–Crippen LogP) is 6.16. The summed E-state index contributed by atoms with van der Waals surface area (Å²) >= 11 is 1.40. The molecule has 0 bridgehead atoms. The van der Waals surface area contributed by atoms with Gasteiger partial charge in [0.25, 0.3) is 0 Å². The molecule has 0 unspecified atom stereocenters. The summed E-state index contributed by atoms with van der Waals surface area (Å²) < 4.78 is 32.2. The number of ether oxygens (including phenoxy) is 3. The minimum absolute atomic E-state index is 0.0435. The standard InChI is InChI=1S/C27H24FN5O4S/c1-14-8-18(25-21(9-14)32-24(35-4)13-30-25)26-33-20-10-19(28)22(11-23(20)38-26)36-15(2)16(3)37-27(34)31-17-6-5-7-29-12-17/h5-13,15-16H,1-4H3,(H,31,34)/t15-,16+/m0/s1. The van der Waals surface area contributed by atoms with E-state index in [0.717, 1.165) is 15.8 Å². The first-order chi connectivity index (χ1) is 18.3. The van der Waals surface area contributed by atoms with Crippen molar-refractivity contribution in [2.75, 3.05) is 12.4 Å². The van der Waals surface area contributed by atoms with Crippen molar-refractivity contribution in [2.45, 2.75) is 33.0 Å². The highest BCUT2D eigenvalue weighted by atomic mass is 32.1. The fourth-order valence-corrected chi connectivity index (χ4v) is 4.78. The number of anilines is 1.